The summed E-state index contributed by atoms with van der Waals surface area (Å²) in [6, 6.07) is 0.383. The number of hydrogen-bond donors (Lipinski definition) is 0. The molecule has 3 aliphatic rings. The summed E-state index contributed by atoms with van der Waals surface area (Å²) >= 11 is 0. The molecule has 0 fully saturated rings. The third-order valence-electron chi connectivity index (χ3n) is 6.77. The Kier molecular flexibility index (Phi) is 8.07. The van der Waals surface area contributed by atoms with Crippen molar-refractivity contribution in [2.24, 2.45) is 11.8 Å². The molecule has 0 bridgehead atoms. The fourth-order valence-corrected chi connectivity index (χ4v) is 4.54. The molecule has 0 N–H and O–H groups in total. The molecule has 3 nitrogen and oxygen atoms in total. The quantitative estimate of drug-likeness (QED) is 0.441. The third-order valence-corrected chi connectivity index (χ3v) is 6.77. The Morgan fingerprint density at radius 2 is 1.91 bits per heavy atom. The van der Waals surface area contributed by atoms with Gasteiger partial charge in [0.2, 0.25) is 0 Å². The van der Waals surface area contributed by atoms with E-state index in [1.54, 1.807) is 0 Å². The van der Waals surface area contributed by atoms with Gasteiger partial charge in [0.1, 0.15) is 0 Å². The zero-order valence-corrected chi connectivity index (χ0v) is 21.5. The topological polar surface area (TPSA) is 9.72 Å². The lowest BCUT2D eigenvalue weighted by Crippen LogP contribution is -2.30. The van der Waals surface area contributed by atoms with Gasteiger partial charge < -0.3 is 14.7 Å². The van der Waals surface area contributed by atoms with Crippen LogP contribution in [0, 0.1) is 11.8 Å². The number of hydrogen-bond acceptors (Lipinski definition) is 3. The van der Waals surface area contributed by atoms with Crippen molar-refractivity contribution < 1.29 is 0 Å². The maximum absolute atomic E-state index is 4.49. The fraction of sp³-hybridized carbons (Fsp3) is 0.400. The molecule has 0 aromatic heterocycles. The van der Waals surface area contributed by atoms with Gasteiger partial charge in [-0.15, -0.1) is 0 Å². The predicted octanol–water partition coefficient (Wildman–Crippen LogP) is 6.93. The molecule has 2 unspecified atom stereocenters. The summed E-state index contributed by atoms with van der Waals surface area (Å²) in [6.07, 6.45) is 25.9. The van der Waals surface area contributed by atoms with Crippen molar-refractivity contribution in [2.75, 3.05) is 20.6 Å². The van der Waals surface area contributed by atoms with Gasteiger partial charge in [-0.25, -0.2) is 0 Å². The highest BCUT2D eigenvalue weighted by Crippen LogP contribution is 2.31. The van der Waals surface area contributed by atoms with E-state index in [0.29, 0.717) is 17.9 Å². The first kappa shape index (κ1) is 24.7. The summed E-state index contributed by atoms with van der Waals surface area (Å²) in [6.45, 7) is 16.6. The average molecular weight is 444 g/mol. The molecular formula is C30H41N3. The maximum atomic E-state index is 4.49. The second kappa shape index (κ2) is 10.8. The summed E-state index contributed by atoms with van der Waals surface area (Å²) in [7, 11) is 4.26. The van der Waals surface area contributed by atoms with Gasteiger partial charge in [0.05, 0.1) is 6.04 Å². The Morgan fingerprint density at radius 1 is 1.15 bits per heavy atom. The van der Waals surface area contributed by atoms with Crippen molar-refractivity contribution in [2.45, 2.75) is 47.1 Å². The Labute approximate surface area is 201 Å². The van der Waals surface area contributed by atoms with Crippen LogP contribution in [0.25, 0.3) is 0 Å². The third kappa shape index (κ3) is 5.52. The van der Waals surface area contributed by atoms with Gasteiger partial charge in [-0.3, -0.25) is 0 Å². The average Bonchev–Trinajstić information content (AvgIpc) is 3.17. The lowest BCUT2D eigenvalue weighted by atomic mass is 9.94. The smallest absolute Gasteiger partial charge is 0.0585 e. The number of fused-ring (bicyclic) bond motifs is 1. The molecule has 0 aromatic rings. The van der Waals surface area contributed by atoms with Crippen LogP contribution in [0.15, 0.2) is 107 Å². The van der Waals surface area contributed by atoms with Gasteiger partial charge in [-0.05, 0) is 67.8 Å². The molecule has 0 spiro atoms. The Morgan fingerprint density at radius 3 is 2.58 bits per heavy atom. The molecular weight excluding hydrogens is 402 g/mol. The van der Waals surface area contributed by atoms with E-state index in [0.717, 1.165) is 24.2 Å². The lowest BCUT2D eigenvalue weighted by molar-refractivity contribution is 0.371. The van der Waals surface area contributed by atoms with Crippen LogP contribution in [0.1, 0.15) is 41.0 Å². The lowest BCUT2D eigenvalue weighted by Gasteiger charge is -2.31. The number of allylic oxidation sites excluding steroid dienone is 9. The minimum atomic E-state index is 0.383. The fourth-order valence-electron chi connectivity index (χ4n) is 4.54. The molecule has 2 heterocycles. The molecule has 1 aliphatic carbocycles. The SMILES string of the molecule is C=C(C1=C/C=C(\C)N(CC)C(=C\CC)/C=C(/C(C)C)C=C1)N(C)C1=CC2C(C=C1)C=CN2C. The van der Waals surface area contributed by atoms with Crippen LogP contribution in [-0.2, 0) is 0 Å². The van der Waals surface area contributed by atoms with Gasteiger partial charge in [-0.2, -0.15) is 0 Å². The van der Waals surface area contributed by atoms with Crippen molar-refractivity contribution >= 4 is 0 Å². The number of nitrogens with zero attached hydrogens (tertiary/aromatic N) is 3. The zero-order valence-electron chi connectivity index (χ0n) is 21.5. The van der Waals surface area contributed by atoms with Gasteiger partial charge >= 0.3 is 0 Å². The van der Waals surface area contributed by atoms with Crippen LogP contribution in [0.2, 0.25) is 0 Å². The first-order valence-electron chi connectivity index (χ1n) is 12.3. The van der Waals surface area contributed by atoms with E-state index in [2.05, 4.69) is 137 Å². The van der Waals surface area contributed by atoms with E-state index in [4.69, 9.17) is 0 Å². The summed E-state index contributed by atoms with van der Waals surface area (Å²) in [4.78, 5) is 6.88. The first-order valence-corrected chi connectivity index (χ1v) is 12.3. The minimum Gasteiger partial charge on any atom is -0.373 e. The predicted molar refractivity (Wildman–Crippen MR) is 143 cm³/mol. The van der Waals surface area contributed by atoms with Crippen molar-refractivity contribution in [1.29, 1.82) is 0 Å². The van der Waals surface area contributed by atoms with Gasteiger partial charge in [0.15, 0.2) is 0 Å². The van der Waals surface area contributed by atoms with Crippen LogP contribution >= 0.6 is 0 Å². The van der Waals surface area contributed by atoms with E-state index in [-0.39, 0.29) is 0 Å². The Bertz CT molecular complexity index is 994. The molecule has 2 aliphatic heterocycles. The van der Waals surface area contributed by atoms with E-state index in [9.17, 15) is 0 Å². The molecule has 0 aromatic carbocycles. The van der Waals surface area contributed by atoms with Crippen LogP contribution in [0.3, 0.4) is 0 Å². The van der Waals surface area contributed by atoms with E-state index in [1.165, 1.54) is 22.7 Å². The molecule has 3 rings (SSSR count). The standard InChI is InChI=1S/C30H41N3/c1-9-11-29-20-27(22(3)4)15-14-25(13-12-23(5)33(29)10-2)24(6)32(8)28-17-16-26-18-19-31(7)30(26)21-28/h11-22,26,30H,6,9-10H2,1-5,7-8H3/b15-14?,23-12+,25-13?,27-20+,29-11-. The largest absolute Gasteiger partial charge is 0.373 e. The molecule has 0 saturated carbocycles. The molecule has 0 radical (unpaired) electrons. The Hall–Kier alpha value is -2.94. The van der Waals surface area contributed by atoms with Gasteiger partial charge in [-0.1, -0.05) is 63.8 Å². The highest BCUT2D eigenvalue weighted by molar-refractivity contribution is 5.47. The summed E-state index contributed by atoms with van der Waals surface area (Å²) in [5.41, 5.74) is 7.13. The molecule has 3 heteroatoms. The van der Waals surface area contributed by atoms with Gasteiger partial charge in [0, 0.05) is 49.3 Å². The van der Waals surface area contributed by atoms with Crippen LogP contribution in [-0.4, -0.2) is 41.4 Å². The van der Waals surface area contributed by atoms with Crippen molar-refractivity contribution in [3.63, 3.8) is 0 Å². The van der Waals surface area contributed by atoms with Crippen molar-refractivity contribution in [3.8, 4) is 0 Å². The second-order valence-electron chi connectivity index (χ2n) is 9.38. The van der Waals surface area contributed by atoms with Crippen LogP contribution in [0.4, 0.5) is 0 Å². The highest BCUT2D eigenvalue weighted by atomic mass is 15.2. The molecule has 176 valence electrons. The van der Waals surface area contributed by atoms with Gasteiger partial charge in [0.25, 0.3) is 0 Å². The minimum absolute atomic E-state index is 0.383. The summed E-state index contributed by atoms with van der Waals surface area (Å²) in [5.74, 6) is 0.894. The summed E-state index contributed by atoms with van der Waals surface area (Å²) < 4.78 is 0. The molecule has 0 amide bonds. The maximum Gasteiger partial charge on any atom is 0.0585 e. The Balaban J connectivity index is 1.96. The van der Waals surface area contributed by atoms with Crippen molar-refractivity contribution in [3.05, 3.63) is 107 Å². The van der Waals surface area contributed by atoms with E-state index < -0.39 is 0 Å². The molecule has 2 atom stereocenters. The van der Waals surface area contributed by atoms with Crippen LogP contribution < -0.4 is 0 Å². The number of rotatable bonds is 6. The van der Waals surface area contributed by atoms with Crippen molar-refractivity contribution in [1.82, 2.24) is 14.7 Å². The highest BCUT2D eigenvalue weighted by Gasteiger charge is 2.27. The molecule has 0 saturated heterocycles. The van der Waals surface area contributed by atoms with E-state index >= 15 is 0 Å². The molecule has 33 heavy (non-hydrogen) atoms. The summed E-state index contributed by atoms with van der Waals surface area (Å²) in [5, 5.41) is 0. The zero-order chi connectivity index (χ0) is 24.1. The second-order valence-corrected chi connectivity index (χ2v) is 9.38. The monoisotopic (exact) mass is 443 g/mol. The first-order chi connectivity index (χ1) is 15.8. The number of likely N-dealkylation sites (N-methyl/N-ethyl adjacent to an activating group) is 3. The van der Waals surface area contributed by atoms with Crippen LogP contribution in [0.5, 0.6) is 0 Å². The van der Waals surface area contributed by atoms with E-state index in [1.807, 2.05) is 0 Å². The normalized spacial score (nSPS) is 27.1.